The second kappa shape index (κ2) is 4.12. The molecule has 0 aliphatic heterocycles. The van der Waals surface area contributed by atoms with Crippen molar-refractivity contribution in [2.45, 2.75) is 6.92 Å². The molecule has 0 aliphatic rings. The zero-order valence-corrected chi connectivity index (χ0v) is 11.2. The molecule has 0 radical (unpaired) electrons. The van der Waals surface area contributed by atoms with Crippen LogP contribution in [0.25, 0.3) is 0 Å². The second-order valence-corrected chi connectivity index (χ2v) is 6.07. The molecule has 0 bridgehead atoms. The fraction of sp³-hybridized carbons (Fsp3) is 0.100. The summed E-state index contributed by atoms with van der Waals surface area (Å²) in [6.45, 7) is 2.01. The number of ketones is 1. The summed E-state index contributed by atoms with van der Waals surface area (Å²) in [5.74, 6) is 0.147. The van der Waals surface area contributed by atoms with Crippen LogP contribution in [-0.4, -0.2) is 5.78 Å². The van der Waals surface area contributed by atoms with Crippen molar-refractivity contribution < 1.29 is 4.79 Å². The van der Waals surface area contributed by atoms with E-state index in [4.69, 9.17) is 0 Å². The van der Waals surface area contributed by atoms with Gasteiger partial charge in [-0.25, -0.2) is 0 Å². The van der Waals surface area contributed by atoms with E-state index in [0.29, 0.717) is 0 Å². The standard InChI is InChI=1S/C10H7IOS2/c1-6-4-7(5-14-6)9(12)10-8(11)2-3-13-10/h2-5H,1H3. The average molecular weight is 334 g/mol. The molecule has 0 spiro atoms. The van der Waals surface area contributed by atoms with Crippen molar-refractivity contribution in [3.05, 3.63) is 41.8 Å². The summed E-state index contributed by atoms with van der Waals surface area (Å²) in [6, 6.07) is 3.92. The van der Waals surface area contributed by atoms with E-state index < -0.39 is 0 Å². The van der Waals surface area contributed by atoms with Crippen LogP contribution >= 0.6 is 45.3 Å². The highest BCUT2D eigenvalue weighted by Gasteiger charge is 2.14. The van der Waals surface area contributed by atoms with Gasteiger partial charge in [0.1, 0.15) is 0 Å². The molecule has 0 atom stereocenters. The molecule has 0 fully saturated rings. The van der Waals surface area contributed by atoms with Gasteiger partial charge in [0.25, 0.3) is 0 Å². The zero-order chi connectivity index (χ0) is 10.1. The monoisotopic (exact) mass is 334 g/mol. The van der Waals surface area contributed by atoms with Crippen molar-refractivity contribution in [1.29, 1.82) is 0 Å². The number of hydrogen-bond donors (Lipinski definition) is 0. The predicted octanol–water partition coefficient (Wildman–Crippen LogP) is 3.95. The first-order valence-corrected chi connectivity index (χ1v) is 6.85. The van der Waals surface area contributed by atoms with Crippen LogP contribution in [0, 0.1) is 10.5 Å². The Morgan fingerprint density at radius 3 is 2.71 bits per heavy atom. The number of aryl methyl sites for hydroxylation is 1. The van der Waals surface area contributed by atoms with Gasteiger partial charge in [-0.15, -0.1) is 22.7 Å². The van der Waals surface area contributed by atoms with Crippen molar-refractivity contribution in [3.8, 4) is 0 Å². The smallest absolute Gasteiger partial charge is 0.204 e. The van der Waals surface area contributed by atoms with E-state index >= 15 is 0 Å². The quantitative estimate of drug-likeness (QED) is 0.600. The van der Waals surface area contributed by atoms with Crippen LogP contribution in [0.4, 0.5) is 0 Å². The van der Waals surface area contributed by atoms with E-state index in [1.807, 2.05) is 29.8 Å². The van der Waals surface area contributed by atoms with Crippen molar-refractivity contribution in [2.75, 3.05) is 0 Å². The third-order valence-electron chi connectivity index (χ3n) is 1.82. The summed E-state index contributed by atoms with van der Waals surface area (Å²) in [4.78, 5) is 14.0. The van der Waals surface area contributed by atoms with E-state index in [-0.39, 0.29) is 5.78 Å². The summed E-state index contributed by atoms with van der Waals surface area (Å²) >= 11 is 5.32. The number of carbonyl (C=O) groups is 1. The molecule has 0 saturated carbocycles. The average Bonchev–Trinajstić information content (AvgIpc) is 2.73. The van der Waals surface area contributed by atoms with Gasteiger partial charge in [-0.1, -0.05) is 0 Å². The molecule has 2 rings (SSSR count). The van der Waals surface area contributed by atoms with Crippen molar-refractivity contribution >= 4 is 51.0 Å². The fourth-order valence-corrected chi connectivity index (χ4v) is 3.63. The number of rotatable bonds is 2. The molecule has 0 N–H and O–H groups in total. The Morgan fingerprint density at radius 2 is 2.21 bits per heavy atom. The lowest BCUT2D eigenvalue weighted by molar-refractivity contribution is 0.104. The largest absolute Gasteiger partial charge is 0.288 e. The van der Waals surface area contributed by atoms with Gasteiger partial charge in [-0.3, -0.25) is 4.79 Å². The van der Waals surface area contributed by atoms with E-state index in [0.717, 1.165) is 14.0 Å². The third-order valence-corrected chi connectivity index (χ3v) is 4.86. The van der Waals surface area contributed by atoms with Gasteiger partial charge < -0.3 is 0 Å². The van der Waals surface area contributed by atoms with Crippen LogP contribution in [0.5, 0.6) is 0 Å². The highest BCUT2D eigenvalue weighted by atomic mass is 127. The van der Waals surface area contributed by atoms with E-state index in [9.17, 15) is 4.79 Å². The van der Waals surface area contributed by atoms with E-state index in [2.05, 4.69) is 22.6 Å². The molecule has 0 aromatic carbocycles. The number of carbonyl (C=O) groups excluding carboxylic acids is 1. The predicted molar refractivity (Wildman–Crippen MR) is 69.5 cm³/mol. The summed E-state index contributed by atoms with van der Waals surface area (Å²) in [5.41, 5.74) is 0.813. The minimum Gasteiger partial charge on any atom is -0.288 e. The molecule has 0 saturated heterocycles. The van der Waals surface area contributed by atoms with Crippen LogP contribution in [0.1, 0.15) is 20.1 Å². The van der Waals surface area contributed by atoms with Gasteiger partial charge in [0, 0.05) is 19.4 Å². The molecule has 0 amide bonds. The van der Waals surface area contributed by atoms with Gasteiger partial charge in [0.05, 0.1) is 4.88 Å². The number of hydrogen-bond acceptors (Lipinski definition) is 3. The van der Waals surface area contributed by atoms with Gasteiger partial charge in [-0.2, -0.15) is 0 Å². The molecule has 72 valence electrons. The van der Waals surface area contributed by atoms with Crippen LogP contribution < -0.4 is 0 Å². The lowest BCUT2D eigenvalue weighted by atomic mass is 10.2. The molecule has 1 nitrogen and oxygen atoms in total. The lowest BCUT2D eigenvalue weighted by Gasteiger charge is -1.93. The Labute approximate surface area is 104 Å². The van der Waals surface area contributed by atoms with E-state index in [1.165, 1.54) is 16.2 Å². The Morgan fingerprint density at radius 1 is 1.43 bits per heavy atom. The SMILES string of the molecule is Cc1cc(C(=O)c2sccc2I)cs1. The maximum absolute atomic E-state index is 12.0. The van der Waals surface area contributed by atoms with Gasteiger partial charge in [0.2, 0.25) is 5.78 Å². The summed E-state index contributed by atoms with van der Waals surface area (Å²) in [5, 5.41) is 3.88. The molecule has 2 heterocycles. The first-order chi connectivity index (χ1) is 6.68. The highest BCUT2D eigenvalue weighted by Crippen LogP contribution is 2.24. The molecule has 4 heteroatoms. The number of halogens is 1. The first-order valence-electron chi connectivity index (χ1n) is 4.01. The number of thiophene rings is 2. The van der Waals surface area contributed by atoms with Crippen LogP contribution in [0.15, 0.2) is 22.9 Å². The van der Waals surface area contributed by atoms with Crippen molar-refractivity contribution in [3.63, 3.8) is 0 Å². The molecule has 2 aromatic heterocycles. The normalized spacial score (nSPS) is 10.4. The van der Waals surface area contributed by atoms with Crippen molar-refractivity contribution in [2.24, 2.45) is 0 Å². The summed E-state index contributed by atoms with van der Waals surface area (Å²) < 4.78 is 1.04. The summed E-state index contributed by atoms with van der Waals surface area (Å²) in [7, 11) is 0. The van der Waals surface area contributed by atoms with Crippen LogP contribution in [0.2, 0.25) is 0 Å². The molecule has 0 unspecified atom stereocenters. The third kappa shape index (κ3) is 1.92. The topological polar surface area (TPSA) is 17.1 Å². The minimum absolute atomic E-state index is 0.147. The molecular weight excluding hydrogens is 327 g/mol. The molecule has 2 aromatic rings. The molecule has 0 aliphatic carbocycles. The van der Waals surface area contributed by atoms with Gasteiger partial charge in [-0.05, 0) is 47.0 Å². The summed E-state index contributed by atoms with van der Waals surface area (Å²) in [6.07, 6.45) is 0. The van der Waals surface area contributed by atoms with Crippen LogP contribution in [-0.2, 0) is 0 Å². The highest BCUT2D eigenvalue weighted by molar-refractivity contribution is 14.1. The maximum Gasteiger partial charge on any atom is 0.204 e. The first kappa shape index (κ1) is 10.3. The maximum atomic E-state index is 12.0. The van der Waals surface area contributed by atoms with Crippen molar-refractivity contribution in [1.82, 2.24) is 0 Å². The Balaban J connectivity index is 2.38. The molecular formula is C10H7IOS2. The Hall–Kier alpha value is -0.200. The Kier molecular flexibility index (Phi) is 3.04. The fourth-order valence-electron chi connectivity index (χ4n) is 1.15. The zero-order valence-electron chi connectivity index (χ0n) is 7.41. The van der Waals surface area contributed by atoms with E-state index in [1.54, 1.807) is 11.3 Å². The minimum atomic E-state index is 0.147. The molecule has 14 heavy (non-hydrogen) atoms. The Bertz CT molecular complexity index is 470. The second-order valence-electron chi connectivity index (χ2n) is 2.87. The van der Waals surface area contributed by atoms with Crippen LogP contribution in [0.3, 0.4) is 0 Å². The van der Waals surface area contributed by atoms with Gasteiger partial charge in [0.15, 0.2) is 0 Å². The lowest BCUT2D eigenvalue weighted by Crippen LogP contribution is -1.97. The van der Waals surface area contributed by atoms with Gasteiger partial charge >= 0.3 is 0 Å².